The summed E-state index contributed by atoms with van der Waals surface area (Å²) in [5, 5.41) is 0. The predicted molar refractivity (Wildman–Crippen MR) is 92.5 cm³/mol. The van der Waals surface area contributed by atoms with E-state index in [0.29, 0.717) is 37.7 Å². The van der Waals surface area contributed by atoms with Crippen molar-refractivity contribution in [2.75, 3.05) is 26.2 Å². The van der Waals surface area contributed by atoms with Crippen molar-refractivity contribution in [1.82, 2.24) is 9.80 Å². The lowest BCUT2D eigenvalue weighted by atomic mass is 10.2. The first kappa shape index (κ1) is 17.1. The van der Waals surface area contributed by atoms with E-state index in [9.17, 15) is 9.59 Å². The molecule has 3 rings (SSSR count). The largest absolute Gasteiger partial charge is 0.481 e. The molecule has 0 radical (unpaired) electrons. The van der Waals surface area contributed by atoms with Crippen LogP contribution < -0.4 is 4.74 Å². The van der Waals surface area contributed by atoms with Crippen molar-refractivity contribution in [1.29, 1.82) is 0 Å². The first-order valence-corrected chi connectivity index (χ1v) is 8.39. The normalized spacial score (nSPS) is 15.8. The Kier molecular flexibility index (Phi) is 5.07. The molecule has 1 aromatic heterocycles. The fraction of sp³-hybridized carbons (Fsp3) is 0.368. The maximum Gasteiger partial charge on any atom is 0.289 e. The van der Waals surface area contributed by atoms with Crippen molar-refractivity contribution in [2.24, 2.45) is 0 Å². The standard InChI is InChI=1S/C19H22N2O4/c1-14-5-3-6-16(13-14)25-15(2)18(22)20-8-10-21(11-9-20)19(23)17-7-4-12-24-17/h3-7,12-13,15H,8-11H2,1-2H3. The molecule has 25 heavy (non-hydrogen) atoms. The summed E-state index contributed by atoms with van der Waals surface area (Å²) in [4.78, 5) is 28.3. The van der Waals surface area contributed by atoms with Gasteiger partial charge in [0.05, 0.1) is 6.26 Å². The number of aryl methyl sites for hydroxylation is 1. The fourth-order valence-electron chi connectivity index (χ4n) is 2.89. The van der Waals surface area contributed by atoms with E-state index < -0.39 is 6.10 Å². The van der Waals surface area contributed by atoms with Crippen molar-refractivity contribution in [3.8, 4) is 5.75 Å². The molecule has 0 aliphatic carbocycles. The van der Waals surface area contributed by atoms with E-state index in [1.165, 1.54) is 6.26 Å². The minimum Gasteiger partial charge on any atom is -0.481 e. The third-order valence-electron chi connectivity index (χ3n) is 4.26. The average Bonchev–Trinajstić information content (AvgIpc) is 3.15. The maximum absolute atomic E-state index is 12.6. The van der Waals surface area contributed by atoms with E-state index in [0.717, 1.165) is 5.56 Å². The number of ether oxygens (including phenoxy) is 1. The van der Waals surface area contributed by atoms with Crippen LogP contribution in [0, 0.1) is 6.92 Å². The number of amides is 2. The van der Waals surface area contributed by atoms with Crippen LogP contribution in [-0.4, -0.2) is 53.9 Å². The molecule has 0 saturated carbocycles. The molecular weight excluding hydrogens is 320 g/mol. The van der Waals surface area contributed by atoms with Gasteiger partial charge in [0.15, 0.2) is 11.9 Å². The summed E-state index contributed by atoms with van der Waals surface area (Å²) >= 11 is 0. The van der Waals surface area contributed by atoms with Crippen LogP contribution >= 0.6 is 0 Å². The highest BCUT2D eigenvalue weighted by Gasteiger charge is 2.29. The number of rotatable bonds is 4. The Hall–Kier alpha value is -2.76. The van der Waals surface area contributed by atoms with E-state index in [1.54, 1.807) is 28.9 Å². The highest BCUT2D eigenvalue weighted by molar-refractivity contribution is 5.91. The van der Waals surface area contributed by atoms with Crippen LogP contribution in [-0.2, 0) is 4.79 Å². The zero-order valence-electron chi connectivity index (χ0n) is 14.5. The number of carbonyl (C=O) groups is 2. The van der Waals surface area contributed by atoms with E-state index >= 15 is 0 Å². The lowest BCUT2D eigenvalue weighted by Gasteiger charge is -2.35. The van der Waals surface area contributed by atoms with Gasteiger partial charge in [-0.3, -0.25) is 9.59 Å². The summed E-state index contributed by atoms with van der Waals surface area (Å²) < 4.78 is 10.9. The second-order valence-electron chi connectivity index (χ2n) is 6.17. The quantitative estimate of drug-likeness (QED) is 0.856. The predicted octanol–water partition coefficient (Wildman–Crippen LogP) is 2.34. The monoisotopic (exact) mass is 342 g/mol. The van der Waals surface area contributed by atoms with Crippen LogP contribution in [0.2, 0.25) is 0 Å². The summed E-state index contributed by atoms with van der Waals surface area (Å²) in [6.45, 7) is 5.70. The molecule has 2 amide bonds. The minimum absolute atomic E-state index is 0.0633. The topological polar surface area (TPSA) is 63.0 Å². The third-order valence-corrected chi connectivity index (χ3v) is 4.26. The van der Waals surface area contributed by atoms with Crippen molar-refractivity contribution in [3.63, 3.8) is 0 Å². The van der Waals surface area contributed by atoms with Gasteiger partial charge >= 0.3 is 0 Å². The van der Waals surface area contributed by atoms with E-state index in [-0.39, 0.29) is 11.8 Å². The van der Waals surface area contributed by atoms with Gasteiger partial charge in [-0.25, -0.2) is 0 Å². The molecule has 0 N–H and O–H groups in total. The van der Waals surface area contributed by atoms with Gasteiger partial charge in [-0.1, -0.05) is 12.1 Å². The van der Waals surface area contributed by atoms with Gasteiger partial charge in [0.25, 0.3) is 11.8 Å². The Labute approximate surface area is 147 Å². The lowest BCUT2D eigenvalue weighted by molar-refractivity contribution is -0.139. The van der Waals surface area contributed by atoms with Gasteiger partial charge in [0.1, 0.15) is 5.75 Å². The number of piperazine rings is 1. The van der Waals surface area contributed by atoms with Crippen LogP contribution in [0.1, 0.15) is 23.0 Å². The number of nitrogens with zero attached hydrogens (tertiary/aromatic N) is 2. The Bertz CT molecular complexity index is 734. The molecule has 0 spiro atoms. The van der Waals surface area contributed by atoms with Crippen molar-refractivity contribution in [3.05, 3.63) is 54.0 Å². The van der Waals surface area contributed by atoms with Crippen LogP contribution in [0.4, 0.5) is 0 Å². The third kappa shape index (κ3) is 4.02. The van der Waals surface area contributed by atoms with Crippen LogP contribution in [0.25, 0.3) is 0 Å². The Morgan fingerprint density at radius 1 is 1.08 bits per heavy atom. The molecule has 1 unspecified atom stereocenters. The van der Waals surface area contributed by atoms with Crippen molar-refractivity contribution < 1.29 is 18.7 Å². The molecule has 2 heterocycles. The zero-order chi connectivity index (χ0) is 17.8. The highest BCUT2D eigenvalue weighted by Crippen LogP contribution is 2.16. The molecule has 1 atom stereocenters. The molecule has 1 aliphatic heterocycles. The fourth-order valence-corrected chi connectivity index (χ4v) is 2.89. The first-order chi connectivity index (χ1) is 12.0. The SMILES string of the molecule is Cc1cccc(OC(C)C(=O)N2CCN(C(=O)c3ccco3)CC2)c1. The van der Waals surface area contributed by atoms with Crippen molar-refractivity contribution in [2.45, 2.75) is 20.0 Å². The Morgan fingerprint density at radius 3 is 2.44 bits per heavy atom. The van der Waals surface area contributed by atoms with Crippen LogP contribution in [0.15, 0.2) is 47.1 Å². The molecule has 1 aliphatic rings. The number of hydrogen-bond donors (Lipinski definition) is 0. The molecule has 6 heteroatoms. The minimum atomic E-state index is -0.561. The van der Waals surface area contributed by atoms with Gasteiger partial charge in [0.2, 0.25) is 0 Å². The van der Waals surface area contributed by atoms with Gasteiger partial charge in [0, 0.05) is 26.2 Å². The zero-order valence-corrected chi connectivity index (χ0v) is 14.5. The Morgan fingerprint density at radius 2 is 1.80 bits per heavy atom. The van der Waals surface area contributed by atoms with Gasteiger partial charge < -0.3 is 19.0 Å². The molecule has 2 aromatic rings. The summed E-state index contributed by atoms with van der Waals surface area (Å²) in [5.74, 6) is 0.816. The molecule has 132 valence electrons. The molecule has 1 fully saturated rings. The highest BCUT2D eigenvalue weighted by atomic mass is 16.5. The maximum atomic E-state index is 12.6. The van der Waals surface area contributed by atoms with Crippen LogP contribution in [0.3, 0.4) is 0 Å². The van der Waals surface area contributed by atoms with Gasteiger partial charge in [-0.2, -0.15) is 0 Å². The van der Waals surface area contributed by atoms with Gasteiger partial charge in [-0.15, -0.1) is 0 Å². The number of hydrogen-bond acceptors (Lipinski definition) is 4. The second kappa shape index (κ2) is 7.42. The Balaban J connectivity index is 1.53. The summed E-state index contributed by atoms with van der Waals surface area (Å²) in [6, 6.07) is 11.0. The number of carbonyl (C=O) groups excluding carboxylic acids is 2. The lowest BCUT2D eigenvalue weighted by Crippen LogP contribution is -2.53. The van der Waals surface area contributed by atoms with Crippen LogP contribution in [0.5, 0.6) is 5.75 Å². The van der Waals surface area contributed by atoms with E-state index in [4.69, 9.17) is 9.15 Å². The molecule has 1 saturated heterocycles. The van der Waals surface area contributed by atoms with E-state index in [2.05, 4.69) is 0 Å². The molecule has 1 aromatic carbocycles. The first-order valence-electron chi connectivity index (χ1n) is 8.39. The summed E-state index contributed by atoms with van der Waals surface area (Å²) in [6.07, 6.45) is 0.922. The number of benzene rings is 1. The summed E-state index contributed by atoms with van der Waals surface area (Å²) in [7, 11) is 0. The molecule has 0 bridgehead atoms. The van der Waals surface area contributed by atoms with Gasteiger partial charge in [-0.05, 0) is 43.7 Å². The molecule has 6 nitrogen and oxygen atoms in total. The second-order valence-corrected chi connectivity index (χ2v) is 6.17. The van der Waals surface area contributed by atoms with Crippen molar-refractivity contribution >= 4 is 11.8 Å². The average molecular weight is 342 g/mol. The summed E-state index contributed by atoms with van der Waals surface area (Å²) in [5.41, 5.74) is 1.09. The number of furan rings is 1. The molecular formula is C19H22N2O4. The smallest absolute Gasteiger partial charge is 0.289 e. The van der Waals surface area contributed by atoms with E-state index in [1.807, 2.05) is 31.2 Å².